The summed E-state index contributed by atoms with van der Waals surface area (Å²) < 4.78 is 0. The topological polar surface area (TPSA) is 19.9 Å². The lowest BCUT2D eigenvalue weighted by Gasteiger charge is -2.19. The molecule has 0 bridgehead atoms. The van der Waals surface area contributed by atoms with Crippen LogP contribution in [-0.4, -0.2) is 6.61 Å². The summed E-state index contributed by atoms with van der Waals surface area (Å²) >= 11 is 0. The molecule has 0 N–H and O–H groups in total. The summed E-state index contributed by atoms with van der Waals surface area (Å²) in [5.41, 5.74) is 0.280. The Morgan fingerprint density at radius 3 is 2.00 bits per heavy atom. The molecule has 0 rings (SSSR count). The van der Waals surface area contributed by atoms with Gasteiger partial charge in [-0.1, -0.05) is 27.2 Å². The van der Waals surface area contributed by atoms with E-state index >= 15 is 0 Å². The summed E-state index contributed by atoms with van der Waals surface area (Å²) in [5, 5.41) is 10.1. The highest BCUT2D eigenvalue weighted by atomic mass is 16.3. The molecule has 1 nitrogen and oxygen atoms in total. The van der Waals surface area contributed by atoms with E-state index < -0.39 is 0 Å². The molecule has 0 aliphatic carbocycles. The zero-order valence-corrected chi connectivity index (χ0v) is 6.03. The first kappa shape index (κ1) is 7.96. The lowest BCUT2D eigenvalue weighted by molar-refractivity contribution is 0.142. The minimum absolute atomic E-state index is 0.0703. The molecule has 0 atom stereocenters. The van der Waals surface area contributed by atoms with E-state index in [2.05, 4.69) is 20.8 Å². The van der Waals surface area contributed by atoms with Gasteiger partial charge in [-0.2, -0.15) is 0 Å². The fourth-order valence-corrected chi connectivity index (χ4v) is 0.453. The van der Waals surface area contributed by atoms with Crippen molar-refractivity contribution in [3.05, 3.63) is 0 Å². The van der Waals surface area contributed by atoms with E-state index in [0.717, 1.165) is 12.8 Å². The summed E-state index contributed by atoms with van der Waals surface area (Å²) in [6.07, 6.45) is 1.92. The highest BCUT2D eigenvalue weighted by Crippen LogP contribution is 2.23. The van der Waals surface area contributed by atoms with Gasteiger partial charge in [0, 0.05) is 0 Å². The van der Waals surface area contributed by atoms with Crippen LogP contribution in [0.3, 0.4) is 0 Å². The maximum Gasteiger partial charge on any atom is 0.0827 e. The van der Waals surface area contributed by atoms with E-state index in [0.29, 0.717) is 0 Å². The van der Waals surface area contributed by atoms with Crippen molar-refractivity contribution in [2.45, 2.75) is 33.6 Å². The molecule has 0 spiro atoms. The lowest BCUT2D eigenvalue weighted by atomic mass is 9.87. The predicted molar refractivity (Wildman–Crippen MR) is 34.2 cm³/mol. The van der Waals surface area contributed by atoms with Gasteiger partial charge in [0.2, 0.25) is 0 Å². The smallest absolute Gasteiger partial charge is 0.0827 e. The normalized spacial score (nSPS) is 12.0. The van der Waals surface area contributed by atoms with Crippen LogP contribution in [0.5, 0.6) is 0 Å². The van der Waals surface area contributed by atoms with E-state index in [4.69, 9.17) is 0 Å². The van der Waals surface area contributed by atoms with Crippen LogP contribution in [0.25, 0.3) is 0 Å². The SMILES string of the molecule is CCC(C)(C)CC[O]. The van der Waals surface area contributed by atoms with Crippen LogP contribution >= 0.6 is 0 Å². The Kier molecular flexibility index (Phi) is 3.06. The summed E-state index contributed by atoms with van der Waals surface area (Å²) in [4.78, 5) is 0. The minimum Gasteiger partial charge on any atom is -0.237 e. The van der Waals surface area contributed by atoms with Crippen LogP contribution < -0.4 is 0 Å². The third-order valence-electron chi connectivity index (χ3n) is 1.74. The van der Waals surface area contributed by atoms with Crippen LogP contribution in [-0.2, 0) is 5.11 Å². The molecule has 1 heteroatoms. The quantitative estimate of drug-likeness (QED) is 0.537. The number of rotatable bonds is 3. The third-order valence-corrected chi connectivity index (χ3v) is 1.74. The van der Waals surface area contributed by atoms with Gasteiger partial charge in [-0.05, 0) is 11.8 Å². The Bertz CT molecular complexity index is 57.4. The molecule has 0 saturated heterocycles. The van der Waals surface area contributed by atoms with Crippen molar-refractivity contribution in [2.24, 2.45) is 5.41 Å². The molecule has 0 aliphatic rings. The summed E-state index contributed by atoms with van der Waals surface area (Å²) in [6, 6.07) is 0. The molecule has 8 heavy (non-hydrogen) atoms. The maximum absolute atomic E-state index is 10.1. The highest BCUT2D eigenvalue weighted by Gasteiger charge is 2.13. The van der Waals surface area contributed by atoms with E-state index in [-0.39, 0.29) is 12.0 Å². The molecule has 0 saturated carbocycles. The third kappa shape index (κ3) is 3.03. The molecule has 0 aromatic rings. The van der Waals surface area contributed by atoms with E-state index in [1.165, 1.54) is 0 Å². The molecular weight excluding hydrogens is 100 g/mol. The Balaban J connectivity index is 3.37. The average molecular weight is 115 g/mol. The van der Waals surface area contributed by atoms with Gasteiger partial charge in [0.1, 0.15) is 0 Å². The van der Waals surface area contributed by atoms with Gasteiger partial charge in [-0.25, -0.2) is 5.11 Å². The number of hydrogen-bond acceptors (Lipinski definition) is 0. The van der Waals surface area contributed by atoms with E-state index in [1.807, 2.05) is 0 Å². The molecule has 0 heterocycles. The molecule has 0 unspecified atom stereocenters. The van der Waals surface area contributed by atoms with Gasteiger partial charge >= 0.3 is 0 Å². The van der Waals surface area contributed by atoms with Crippen LogP contribution in [0.1, 0.15) is 33.6 Å². The second kappa shape index (κ2) is 3.08. The first-order valence-electron chi connectivity index (χ1n) is 3.20. The Morgan fingerprint density at radius 1 is 1.38 bits per heavy atom. The lowest BCUT2D eigenvalue weighted by Crippen LogP contribution is -2.10. The van der Waals surface area contributed by atoms with Crippen LogP contribution in [0, 0.1) is 5.41 Å². The van der Waals surface area contributed by atoms with E-state index in [1.54, 1.807) is 0 Å². The Labute approximate surface area is 51.7 Å². The monoisotopic (exact) mass is 115 g/mol. The molecule has 0 aliphatic heterocycles. The van der Waals surface area contributed by atoms with Crippen molar-refractivity contribution in [3.8, 4) is 0 Å². The molecule has 0 amide bonds. The molecule has 49 valence electrons. The first-order chi connectivity index (χ1) is 3.62. The standard InChI is InChI=1S/C7H15O/c1-4-7(2,3)5-6-8/h4-6H2,1-3H3. The van der Waals surface area contributed by atoms with Gasteiger partial charge in [-0.15, -0.1) is 0 Å². The predicted octanol–water partition coefficient (Wildman–Crippen LogP) is 2.24. The van der Waals surface area contributed by atoms with Gasteiger partial charge < -0.3 is 0 Å². The number of hydrogen-bond donors (Lipinski definition) is 0. The largest absolute Gasteiger partial charge is 0.237 e. The Morgan fingerprint density at radius 2 is 1.88 bits per heavy atom. The molecule has 0 aromatic carbocycles. The van der Waals surface area contributed by atoms with Crippen LogP contribution in [0.15, 0.2) is 0 Å². The van der Waals surface area contributed by atoms with Gasteiger partial charge in [0.25, 0.3) is 0 Å². The summed E-state index contributed by atoms with van der Waals surface area (Å²) in [5.74, 6) is 0. The van der Waals surface area contributed by atoms with Crippen molar-refractivity contribution in [3.63, 3.8) is 0 Å². The minimum atomic E-state index is 0.0703. The maximum atomic E-state index is 10.1. The van der Waals surface area contributed by atoms with Crippen molar-refractivity contribution < 1.29 is 5.11 Å². The fraction of sp³-hybridized carbons (Fsp3) is 1.00. The van der Waals surface area contributed by atoms with Crippen LogP contribution in [0.2, 0.25) is 0 Å². The van der Waals surface area contributed by atoms with Gasteiger partial charge in [0.05, 0.1) is 6.61 Å². The zero-order chi connectivity index (χ0) is 6.62. The molecular formula is C7H15O. The van der Waals surface area contributed by atoms with E-state index in [9.17, 15) is 5.11 Å². The van der Waals surface area contributed by atoms with Crippen molar-refractivity contribution >= 4 is 0 Å². The summed E-state index contributed by atoms with van der Waals surface area (Å²) in [6.45, 7) is 6.45. The Hall–Kier alpha value is -0.0400. The second-order valence-electron chi connectivity index (χ2n) is 2.97. The first-order valence-corrected chi connectivity index (χ1v) is 3.20. The summed E-state index contributed by atoms with van der Waals surface area (Å²) in [7, 11) is 0. The molecule has 1 radical (unpaired) electrons. The van der Waals surface area contributed by atoms with Crippen molar-refractivity contribution in [1.82, 2.24) is 0 Å². The zero-order valence-electron chi connectivity index (χ0n) is 6.03. The van der Waals surface area contributed by atoms with Gasteiger partial charge in [-0.3, -0.25) is 0 Å². The van der Waals surface area contributed by atoms with Crippen molar-refractivity contribution in [1.29, 1.82) is 0 Å². The average Bonchev–Trinajstić information content (AvgIpc) is 1.67. The van der Waals surface area contributed by atoms with Gasteiger partial charge in [0.15, 0.2) is 0 Å². The molecule has 0 aromatic heterocycles. The molecule has 0 fully saturated rings. The van der Waals surface area contributed by atoms with Crippen LogP contribution in [0.4, 0.5) is 0 Å². The highest BCUT2D eigenvalue weighted by molar-refractivity contribution is 4.64. The van der Waals surface area contributed by atoms with Crippen molar-refractivity contribution in [2.75, 3.05) is 6.61 Å². The fourth-order valence-electron chi connectivity index (χ4n) is 0.453. The second-order valence-corrected chi connectivity index (χ2v) is 2.97.